The molecule has 1 aromatic rings. The summed E-state index contributed by atoms with van der Waals surface area (Å²) < 4.78 is 10.1. The molecule has 0 heterocycles. The number of esters is 1. The molecule has 0 unspecified atom stereocenters. The van der Waals surface area contributed by atoms with Gasteiger partial charge >= 0.3 is 5.97 Å². The summed E-state index contributed by atoms with van der Waals surface area (Å²) in [7, 11) is 0. The fourth-order valence-corrected chi connectivity index (χ4v) is 2.08. The molecular formula is C19H26O5. The lowest BCUT2D eigenvalue weighted by Gasteiger charge is -2.20. The molecule has 0 radical (unpaired) electrons. The summed E-state index contributed by atoms with van der Waals surface area (Å²) in [6, 6.07) is 7.13. The number of hydrogen-bond acceptors (Lipinski definition) is 5. The van der Waals surface area contributed by atoms with Gasteiger partial charge in [0.05, 0.1) is 19.3 Å². The Balaban J connectivity index is 2.68. The van der Waals surface area contributed by atoms with Gasteiger partial charge in [0, 0.05) is 12.0 Å². The number of allylic oxidation sites excluding steroid dienone is 2. The molecule has 0 fully saturated rings. The van der Waals surface area contributed by atoms with Crippen LogP contribution in [0.15, 0.2) is 48.1 Å². The summed E-state index contributed by atoms with van der Waals surface area (Å²) >= 11 is 0. The Labute approximate surface area is 143 Å². The standard InChI is InChI=1S/C19H26O5/c1-4-23-18(21)7-5-6-14(2)15(3)19(22)16-8-10-17(11-9-16)24-13-12-20/h5-11,15,19-20,22H,4,12-13H2,1-3H3/b7-5+,14-6+/t15-,19-/m1/s1. The molecule has 0 saturated heterocycles. The molecule has 2 atom stereocenters. The second-order valence-corrected chi connectivity index (χ2v) is 5.40. The van der Waals surface area contributed by atoms with Crippen molar-refractivity contribution in [2.24, 2.45) is 5.92 Å². The van der Waals surface area contributed by atoms with Gasteiger partial charge in [0.25, 0.3) is 0 Å². The summed E-state index contributed by atoms with van der Waals surface area (Å²) in [6.07, 6.45) is 4.12. The van der Waals surface area contributed by atoms with Crippen LogP contribution >= 0.6 is 0 Å². The van der Waals surface area contributed by atoms with Crippen molar-refractivity contribution < 1.29 is 24.5 Å². The van der Waals surface area contributed by atoms with E-state index in [1.807, 2.05) is 13.8 Å². The minimum absolute atomic E-state index is 0.0370. The van der Waals surface area contributed by atoms with E-state index < -0.39 is 6.10 Å². The third-order valence-corrected chi connectivity index (χ3v) is 3.65. The van der Waals surface area contributed by atoms with Crippen molar-refractivity contribution >= 4 is 5.97 Å². The molecule has 0 bridgehead atoms. The molecule has 2 N–H and O–H groups in total. The molecule has 0 aliphatic rings. The van der Waals surface area contributed by atoms with E-state index in [1.54, 1.807) is 43.3 Å². The van der Waals surface area contributed by atoms with E-state index in [9.17, 15) is 9.90 Å². The molecule has 5 nitrogen and oxygen atoms in total. The topological polar surface area (TPSA) is 76.0 Å². The van der Waals surface area contributed by atoms with Crippen molar-refractivity contribution in [2.75, 3.05) is 19.8 Å². The number of hydrogen-bond donors (Lipinski definition) is 2. The van der Waals surface area contributed by atoms with Crippen molar-refractivity contribution in [3.63, 3.8) is 0 Å². The average molecular weight is 334 g/mol. The zero-order valence-electron chi connectivity index (χ0n) is 14.4. The Morgan fingerprint density at radius 3 is 2.54 bits per heavy atom. The number of rotatable bonds is 9. The number of carbonyl (C=O) groups is 1. The van der Waals surface area contributed by atoms with Gasteiger partial charge in [-0.1, -0.05) is 36.8 Å². The Bertz CT molecular complexity index is 560. The highest BCUT2D eigenvalue weighted by Crippen LogP contribution is 2.28. The van der Waals surface area contributed by atoms with E-state index in [4.69, 9.17) is 14.6 Å². The molecule has 1 aromatic carbocycles. The SMILES string of the molecule is CCOC(=O)/C=C/C=C(\C)[C@@H](C)[C@@H](O)c1ccc(OCCO)cc1. The van der Waals surface area contributed by atoms with E-state index in [0.717, 1.165) is 11.1 Å². The van der Waals surface area contributed by atoms with Gasteiger partial charge in [-0.3, -0.25) is 0 Å². The van der Waals surface area contributed by atoms with Crippen molar-refractivity contribution in [1.29, 1.82) is 0 Å². The summed E-state index contributed by atoms with van der Waals surface area (Å²) in [5.74, 6) is 0.159. The summed E-state index contributed by atoms with van der Waals surface area (Å²) in [5, 5.41) is 19.2. The first-order chi connectivity index (χ1) is 11.5. The second kappa shape index (κ2) is 10.6. The highest BCUT2D eigenvalue weighted by atomic mass is 16.5. The number of ether oxygens (including phenoxy) is 2. The Morgan fingerprint density at radius 2 is 1.96 bits per heavy atom. The number of aliphatic hydroxyl groups is 2. The molecule has 1 rings (SSSR count). The van der Waals surface area contributed by atoms with Crippen LogP contribution in [0.25, 0.3) is 0 Å². The first-order valence-electron chi connectivity index (χ1n) is 8.02. The number of aliphatic hydroxyl groups excluding tert-OH is 2. The lowest BCUT2D eigenvalue weighted by atomic mass is 9.91. The molecular weight excluding hydrogens is 308 g/mol. The van der Waals surface area contributed by atoms with Crippen LogP contribution in [0.1, 0.15) is 32.4 Å². The van der Waals surface area contributed by atoms with Gasteiger partial charge in [0.15, 0.2) is 0 Å². The van der Waals surface area contributed by atoms with E-state index in [2.05, 4.69) is 0 Å². The third-order valence-electron chi connectivity index (χ3n) is 3.65. The van der Waals surface area contributed by atoms with Gasteiger partial charge in [-0.05, 0) is 31.5 Å². The zero-order chi connectivity index (χ0) is 17.9. The molecule has 0 saturated carbocycles. The fourth-order valence-electron chi connectivity index (χ4n) is 2.08. The van der Waals surface area contributed by atoms with Crippen LogP contribution in [-0.4, -0.2) is 36.0 Å². The third kappa shape index (κ3) is 6.56. The van der Waals surface area contributed by atoms with E-state index in [1.165, 1.54) is 6.08 Å². The smallest absolute Gasteiger partial charge is 0.330 e. The molecule has 24 heavy (non-hydrogen) atoms. The van der Waals surface area contributed by atoms with Gasteiger partial charge < -0.3 is 19.7 Å². The van der Waals surface area contributed by atoms with Gasteiger partial charge in [-0.15, -0.1) is 0 Å². The van der Waals surface area contributed by atoms with Crippen LogP contribution in [0.4, 0.5) is 0 Å². The van der Waals surface area contributed by atoms with Crippen LogP contribution in [0.2, 0.25) is 0 Å². The Hall–Kier alpha value is -2.11. The van der Waals surface area contributed by atoms with Gasteiger partial charge in [-0.2, -0.15) is 0 Å². The van der Waals surface area contributed by atoms with E-state index in [-0.39, 0.29) is 25.1 Å². The minimum Gasteiger partial charge on any atom is -0.491 e. The van der Waals surface area contributed by atoms with Crippen LogP contribution in [0.5, 0.6) is 5.75 Å². The first kappa shape index (κ1) is 19.9. The highest BCUT2D eigenvalue weighted by molar-refractivity contribution is 5.82. The molecule has 0 amide bonds. The number of benzene rings is 1. The molecule has 0 aliphatic heterocycles. The van der Waals surface area contributed by atoms with Crippen molar-refractivity contribution in [3.8, 4) is 5.75 Å². The maximum absolute atomic E-state index is 11.2. The van der Waals surface area contributed by atoms with Crippen LogP contribution in [0.3, 0.4) is 0 Å². The normalized spacial score (nSPS) is 14.5. The molecule has 0 spiro atoms. The maximum Gasteiger partial charge on any atom is 0.330 e. The van der Waals surface area contributed by atoms with Crippen LogP contribution in [-0.2, 0) is 9.53 Å². The van der Waals surface area contributed by atoms with Crippen LogP contribution < -0.4 is 4.74 Å². The highest BCUT2D eigenvalue weighted by Gasteiger charge is 2.17. The molecule has 0 aromatic heterocycles. The lowest BCUT2D eigenvalue weighted by Crippen LogP contribution is -2.10. The lowest BCUT2D eigenvalue weighted by molar-refractivity contribution is -0.137. The maximum atomic E-state index is 11.2. The monoisotopic (exact) mass is 334 g/mol. The largest absolute Gasteiger partial charge is 0.491 e. The predicted molar refractivity (Wildman–Crippen MR) is 92.7 cm³/mol. The van der Waals surface area contributed by atoms with Gasteiger partial charge in [0.2, 0.25) is 0 Å². The summed E-state index contributed by atoms with van der Waals surface area (Å²) in [6.45, 7) is 6.13. The molecule has 5 heteroatoms. The number of carbonyl (C=O) groups excluding carboxylic acids is 1. The molecule has 132 valence electrons. The minimum atomic E-state index is -0.663. The van der Waals surface area contributed by atoms with E-state index in [0.29, 0.717) is 12.4 Å². The molecule has 0 aliphatic carbocycles. The average Bonchev–Trinajstić information content (AvgIpc) is 2.59. The van der Waals surface area contributed by atoms with Crippen molar-refractivity contribution in [2.45, 2.75) is 26.9 Å². The Kier molecular flexibility index (Phi) is 8.83. The van der Waals surface area contributed by atoms with Crippen molar-refractivity contribution in [1.82, 2.24) is 0 Å². The first-order valence-corrected chi connectivity index (χ1v) is 8.02. The Morgan fingerprint density at radius 1 is 1.29 bits per heavy atom. The zero-order valence-corrected chi connectivity index (χ0v) is 14.4. The van der Waals surface area contributed by atoms with Gasteiger partial charge in [-0.25, -0.2) is 4.79 Å². The van der Waals surface area contributed by atoms with Crippen molar-refractivity contribution in [3.05, 3.63) is 53.6 Å². The predicted octanol–water partition coefficient (Wildman–Crippen LogP) is 2.79. The van der Waals surface area contributed by atoms with Gasteiger partial charge in [0.1, 0.15) is 12.4 Å². The second-order valence-electron chi connectivity index (χ2n) is 5.40. The summed E-state index contributed by atoms with van der Waals surface area (Å²) in [4.78, 5) is 11.2. The fraction of sp³-hybridized carbons (Fsp3) is 0.421. The van der Waals surface area contributed by atoms with E-state index >= 15 is 0 Å². The van der Waals surface area contributed by atoms with Crippen LogP contribution in [0, 0.1) is 5.92 Å². The quantitative estimate of drug-likeness (QED) is 0.412. The summed E-state index contributed by atoms with van der Waals surface area (Å²) in [5.41, 5.74) is 1.73.